The van der Waals surface area contributed by atoms with Crippen LogP contribution in [0.4, 0.5) is 8.78 Å². The molecule has 1 atom stereocenters. The molecule has 6 nitrogen and oxygen atoms in total. The zero-order valence-corrected chi connectivity index (χ0v) is 19.1. The molecule has 1 unspecified atom stereocenters. The largest absolute Gasteiger partial charge is 0.493 e. The average Bonchev–Trinajstić information content (AvgIpc) is 2.87. The van der Waals surface area contributed by atoms with E-state index in [0.717, 1.165) is 16.7 Å². The Bertz CT molecular complexity index is 1170. The van der Waals surface area contributed by atoms with Crippen LogP contribution in [0.1, 0.15) is 33.1 Å². The van der Waals surface area contributed by atoms with Gasteiger partial charge in [0, 0.05) is 6.54 Å². The Morgan fingerprint density at radius 2 is 1.59 bits per heavy atom. The molecule has 0 N–H and O–H groups in total. The van der Waals surface area contributed by atoms with Crippen LogP contribution in [0, 0.1) is 0 Å². The van der Waals surface area contributed by atoms with E-state index >= 15 is 0 Å². The second-order valence-corrected chi connectivity index (χ2v) is 7.68. The number of amides is 1. The highest BCUT2D eigenvalue weighted by Gasteiger charge is 2.35. The van der Waals surface area contributed by atoms with Crippen LogP contribution in [-0.2, 0) is 6.42 Å². The topological polar surface area (TPSA) is 57.2 Å². The van der Waals surface area contributed by atoms with E-state index in [1.54, 1.807) is 25.2 Å². The van der Waals surface area contributed by atoms with Crippen molar-refractivity contribution in [1.82, 2.24) is 4.90 Å². The highest BCUT2D eigenvalue weighted by atomic mass is 19.3. The van der Waals surface area contributed by atoms with Gasteiger partial charge in [-0.3, -0.25) is 4.79 Å². The minimum atomic E-state index is -3.11. The maximum Gasteiger partial charge on any atom is 0.387 e. The number of halogens is 2. The van der Waals surface area contributed by atoms with Crippen molar-refractivity contribution in [3.8, 4) is 23.0 Å². The third-order valence-electron chi connectivity index (χ3n) is 5.89. The van der Waals surface area contributed by atoms with Gasteiger partial charge >= 0.3 is 6.61 Å². The maximum atomic E-state index is 13.8. The lowest BCUT2D eigenvalue weighted by atomic mass is 9.87. The predicted molar refractivity (Wildman–Crippen MR) is 122 cm³/mol. The maximum absolute atomic E-state index is 13.8. The quantitative estimate of drug-likeness (QED) is 0.482. The Morgan fingerprint density at radius 3 is 2.24 bits per heavy atom. The van der Waals surface area contributed by atoms with E-state index in [1.165, 1.54) is 19.2 Å². The number of ether oxygens (including phenoxy) is 4. The summed E-state index contributed by atoms with van der Waals surface area (Å²) in [5, 5.41) is 0. The lowest BCUT2D eigenvalue weighted by molar-refractivity contribution is -0.0517. The molecule has 0 saturated heterocycles. The molecule has 34 heavy (non-hydrogen) atoms. The molecular formula is C26H25F2NO5. The predicted octanol–water partition coefficient (Wildman–Crippen LogP) is 5.10. The minimum Gasteiger partial charge on any atom is -0.493 e. The van der Waals surface area contributed by atoms with Gasteiger partial charge in [0.15, 0.2) is 23.0 Å². The molecule has 0 bridgehead atoms. The van der Waals surface area contributed by atoms with Crippen LogP contribution >= 0.6 is 0 Å². The second kappa shape index (κ2) is 9.99. The summed E-state index contributed by atoms with van der Waals surface area (Å²) in [4.78, 5) is 15.5. The smallest absolute Gasteiger partial charge is 0.387 e. The van der Waals surface area contributed by atoms with Crippen LogP contribution in [0.2, 0.25) is 0 Å². The molecular weight excluding hydrogens is 444 g/mol. The van der Waals surface area contributed by atoms with Crippen molar-refractivity contribution in [2.75, 3.05) is 27.9 Å². The van der Waals surface area contributed by atoms with Gasteiger partial charge in [-0.1, -0.05) is 36.4 Å². The summed E-state index contributed by atoms with van der Waals surface area (Å²) in [5.41, 5.74) is 2.78. The number of hydrogen-bond acceptors (Lipinski definition) is 5. The second-order valence-electron chi connectivity index (χ2n) is 7.68. The number of nitrogens with zero attached hydrogens (tertiary/aromatic N) is 1. The van der Waals surface area contributed by atoms with E-state index in [9.17, 15) is 13.6 Å². The molecule has 0 radical (unpaired) electrons. The number of alkyl halides is 2. The first-order chi connectivity index (χ1) is 16.5. The number of carbonyl (C=O) groups excluding carboxylic acids is 1. The molecule has 1 aliphatic heterocycles. The summed E-state index contributed by atoms with van der Waals surface area (Å²) in [6.07, 6.45) is 0.555. The summed E-state index contributed by atoms with van der Waals surface area (Å²) in [6, 6.07) is 17.4. The molecule has 0 aliphatic carbocycles. The molecule has 1 aliphatic rings. The van der Waals surface area contributed by atoms with E-state index in [0.29, 0.717) is 24.5 Å². The molecule has 0 fully saturated rings. The van der Waals surface area contributed by atoms with Gasteiger partial charge in [0.05, 0.1) is 32.9 Å². The molecule has 0 aromatic heterocycles. The molecule has 4 rings (SSSR count). The van der Waals surface area contributed by atoms with Gasteiger partial charge in [-0.15, -0.1) is 0 Å². The Hall–Kier alpha value is -3.81. The number of carbonyl (C=O) groups is 1. The first-order valence-electron chi connectivity index (χ1n) is 10.7. The molecule has 1 heterocycles. The van der Waals surface area contributed by atoms with Crippen LogP contribution in [0.25, 0.3) is 0 Å². The average molecular weight is 469 g/mol. The summed E-state index contributed by atoms with van der Waals surface area (Å²) in [7, 11) is 4.47. The fourth-order valence-electron chi connectivity index (χ4n) is 4.37. The molecule has 0 spiro atoms. The van der Waals surface area contributed by atoms with Crippen molar-refractivity contribution >= 4 is 5.91 Å². The molecule has 1 amide bonds. The number of benzene rings is 3. The minimum absolute atomic E-state index is 0.00417. The number of para-hydroxylation sites is 1. The van der Waals surface area contributed by atoms with Gasteiger partial charge in [0.2, 0.25) is 0 Å². The number of hydrogen-bond donors (Lipinski definition) is 0. The van der Waals surface area contributed by atoms with E-state index in [1.807, 2.05) is 42.5 Å². The standard InChI is InChI=1S/C26H25F2NO5/c1-31-20-11-7-10-18(24(20)34-26(27)28)25(30)29-13-12-17-14-21(32-2)22(33-3)15-19(17)23(29)16-8-5-4-6-9-16/h4-11,14-15,23,26H,12-13H2,1-3H3. The third-order valence-corrected chi connectivity index (χ3v) is 5.89. The van der Waals surface area contributed by atoms with E-state index in [4.69, 9.17) is 18.9 Å². The van der Waals surface area contributed by atoms with Gasteiger partial charge in [-0.05, 0) is 47.4 Å². The van der Waals surface area contributed by atoms with E-state index in [2.05, 4.69) is 0 Å². The Kier molecular flexibility index (Phi) is 6.86. The zero-order chi connectivity index (χ0) is 24.2. The number of methoxy groups -OCH3 is 3. The van der Waals surface area contributed by atoms with Crippen molar-refractivity contribution in [1.29, 1.82) is 0 Å². The van der Waals surface area contributed by atoms with E-state index in [-0.39, 0.29) is 17.1 Å². The van der Waals surface area contributed by atoms with Gasteiger partial charge < -0.3 is 23.8 Å². The van der Waals surface area contributed by atoms with Crippen LogP contribution in [0.15, 0.2) is 60.7 Å². The summed E-state index contributed by atoms with van der Waals surface area (Å²) < 4.78 is 47.2. The monoisotopic (exact) mass is 469 g/mol. The molecule has 8 heteroatoms. The van der Waals surface area contributed by atoms with Crippen LogP contribution in [-0.4, -0.2) is 45.3 Å². The van der Waals surface area contributed by atoms with Crippen LogP contribution < -0.4 is 18.9 Å². The number of rotatable bonds is 7. The van der Waals surface area contributed by atoms with Crippen molar-refractivity contribution in [2.45, 2.75) is 19.1 Å². The van der Waals surface area contributed by atoms with Gasteiger partial charge in [0.1, 0.15) is 0 Å². The number of fused-ring (bicyclic) bond motifs is 1. The Balaban J connectivity index is 1.85. The first kappa shape index (κ1) is 23.4. The lowest BCUT2D eigenvalue weighted by Crippen LogP contribution is -2.41. The van der Waals surface area contributed by atoms with Crippen molar-refractivity contribution in [2.24, 2.45) is 0 Å². The molecule has 178 valence electrons. The SMILES string of the molecule is COc1cc2c(cc1OC)C(c1ccccc1)N(C(=O)c1cccc(OC)c1OC(F)F)CC2. The first-order valence-corrected chi connectivity index (χ1v) is 10.7. The molecule has 3 aromatic carbocycles. The zero-order valence-electron chi connectivity index (χ0n) is 19.1. The highest BCUT2D eigenvalue weighted by molar-refractivity contribution is 5.98. The van der Waals surface area contributed by atoms with Gasteiger partial charge in [0.25, 0.3) is 5.91 Å². The molecule has 3 aromatic rings. The summed E-state index contributed by atoms with van der Waals surface area (Å²) in [5.74, 6) is 0.484. The third kappa shape index (κ3) is 4.35. The normalized spacial score (nSPS) is 15.0. The summed E-state index contributed by atoms with van der Waals surface area (Å²) >= 11 is 0. The van der Waals surface area contributed by atoms with Crippen LogP contribution in [0.3, 0.4) is 0 Å². The van der Waals surface area contributed by atoms with Crippen molar-refractivity contribution in [3.05, 3.63) is 82.9 Å². The lowest BCUT2D eigenvalue weighted by Gasteiger charge is -2.38. The van der Waals surface area contributed by atoms with Gasteiger partial charge in [-0.2, -0.15) is 8.78 Å². The van der Waals surface area contributed by atoms with E-state index < -0.39 is 18.6 Å². The molecule has 0 saturated carbocycles. The summed E-state index contributed by atoms with van der Waals surface area (Å²) in [6.45, 7) is -2.74. The fraction of sp³-hybridized carbons (Fsp3) is 0.269. The fourth-order valence-corrected chi connectivity index (χ4v) is 4.37. The Morgan fingerprint density at radius 1 is 0.912 bits per heavy atom. The van der Waals surface area contributed by atoms with Crippen molar-refractivity contribution < 1.29 is 32.5 Å². The van der Waals surface area contributed by atoms with Crippen LogP contribution in [0.5, 0.6) is 23.0 Å². The Labute approximate surface area is 196 Å². The van der Waals surface area contributed by atoms with Gasteiger partial charge in [-0.25, -0.2) is 0 Å². The van der Waals surface area contributed by atoms with Crippen molar-refractivity contribution in [3.63, 3.8) is 0 Å². The highest BCUT2D eigenvalue weighted by Crippen LogP contribution is 2.43.